The summed E-state index contributed by atoms with van der Waals surface area (Å²) >= 11 is 0. The van der Waals surface area contributed by atoms with Crippen LogP contribution in [0.3, 0.4) is 0 Å². The van der Waals surface area contributed by atoms with Gasteiger partial charge in [-0.3, -0.25) is 14.9 Å². The topological polar surface area (TPSA) is 80.4 Å². The predicted molar refractivity (Wildman–Crippen MR) is 102 cm³/mol. The lowest BCUT2D eigenvalue weighted by Crippen LogP contribution is -2.30. The average Bonchev–Trinajstić information content (AvgIpc) is 2.63. The second-order valence-corrected chi connectivity index (χ2v) is 6.94. The maximum absolute atomic E-state index is 11.8. The molecule has 1 aromatic carbocycles. The van der Waals surface area contributed by atoms with E-state index in [-0.39, 0.29) is 18.3 Å². The summed E-state index contributed by atoms with van der Waals surface area (Å²) in [7, 11) is 0. The van der Waals surface area contributed by atoms with E-state index < -0.39 is 5.41 Å². The Morgan fingerprint density at radius 3 is 2.73 bits per heavy atom. The highest BCUT2D eigenvalue weighted by atomic mass is 16.5. The molecular formula is C20H28N2O4. The largest absolute Gasteiger partial charge is 0.494 e. The molecule has 2 rings (SSSR count). The van der Waals surface area contributed by atoms with E-state index >= 15 is 0 Å². The molecule has 0 saturated heterocycles. The number of hydrogen-bond donors (Lipinski definition) is 2. The van der Waals surface area contributed by atoms with Gasteiger partial charge in [-0.05, 0) is 63.2 Å². The quantitative estimate of drug-likeness (QED) is 0.386. The molecule has 0 spiro atoms. The predicted octanol–water partition coefficient (Wildman–Crippen LogP) is 3.21. The smallest absolute Gasteiger partial charge is 0.312 e. The standard InChI is InChI=1S/C20H28N2O4/c1-4-20(2,3)19(24)26-14-21-11-5-6-12-25-16-9-7-15-8-10-18(23)22-17(15)13-16/h7-10,13,21H,4-6,11-12,14H2,1-3H3,(H,22,23). The number of esters is 1. The molecule has 26 heavy (non-hydrogen) atoms. The zero-order chi connectivity index (χ0) is 19.0. The summed E-state index contributed by atoms with van der Waals surface area (Å²) in [5.41, 5.74) is 0.219. The SMILES string of the molecule is CCC(C)(C)C(=O)OCNCCCCOc1ccc2ccc(=O)[nH]c2c1. The maximum Gasteiger partial charge on any atom is 0.312 e. The third-order valence-corrected chi connectivity index (χ3v) is 4.46. The van der Waals surface area contributed by atoms with Gasteiger partial charge in [0.15, 0.2) is 0 Å². The first-order valence-electron chi connectivity index (χ1n) is 9.06. The molecule has 0 aliphatic rings. The lowest BCUT2D eigenvalue weighted by Gasteiger charge is -2.20. The molecule has 0 saturated carbocycles. The Kier molecular flexibility index (Phi) is 7.21. The van der Waals surface area contributed by atoms with Crippen molar-refractivity contribution in [2.75, 3.05) is 19.9 Å². The van der Waals surface area contributed by atoms with E-state index in [1.54, 1.807) is 6.07 Å². The van der Waals surface area contributed by atoms with E-state index in [0.717, 1.165) is 42.5 Å². The van der Waals surface area contributed by atoms with Crippen molar-refractivity contribution >= 4 is 16.9 Å². The number of H-pyrrole nitrogens is 1. The number of pyridine rings is 1. The van der Waals surface area contributed by atoms with Crippen LogP contribution in [0.25, 0.3) is 10.9 Å². The number of hydrogen-bond acceptors (Lipinski definition) is 5. The maximum atomic E-state index is 11.8. The van der Waals surface area contributed by atoms with Gasteiger partial charge in [-0.25, -0.2) is 0 Å². The molecule has 0 atom stereocenters. The van der Waals surface area contributed by atoms with Crippen molar-refractivity contribution in [1.29, 1.82) is 0 Å². The molecule has 0 aliphatic heterocycles. The zero-order valence-corrected chi connectivity index (χ0v) is 15.8. The summed E-state index contributed by atoms with van der Waals surface area (Å²) in [6, 6.07) is 8.96. The second-order valence-electron chi connectivity index (χ2n) is 6.94. The molecule has 0 amide bonds. The van der Waals surface area contributed by atoms with Crippen molar-refractivity contribution in [1.82, 2.24) is 10.3 Å². The summed E-state index contributed by atoms with van der Waals surface area (Å²) in [5, 5.41) is 4.08. The minimum absolute atomic E-state index is 0.122. The van der Waals surface area contributed by atoms with E-state index in [0.29, 0.717) is 6.61 Å². The number of carbonyl (C=O) groups is 1. The number of unbranched alkanes of at least 4 members (excludes halogenated alkanes) is 1. The first kappa shape index (κ1) is 20.0. The summed E-state index contributed by atoms with van der Waals surface area (Å²) < 4.78 is 10.9. The van der Waals surface area contributed by atoms with Crippen LogP contribution in [0, 0.1) is 5.41 Å². The average molecular weight is 360 g/mol. The van der Waals surface area contributed by atoms with Gasteiger partial charge >= 0.3 is 5.97 Å². The van der Waals surface area contributed by atoms with Crippen LogP contribution in [0.1, 0.15) is 40.0 Å². The molecule has 0 fully saturated rings. The van der Waals surface area contributed by atoms with Crippen molar-refractivity contribution in [2.24, 2.45) is 5.41 Å². The van der Waals surface area contributed by atoms with E-state index in [9.17, 15) is 9.59 Å². The number of aromatic nitrogens is 1. The number of aromatic amines is 1. The van der Waals surface area contributed by atoms with Gasteiger partial charge in [0.25, 0.3) is 0 Å². The van der Waals surface area contributed by atoms with E-state index in [2.05, 4.69) is 10.3 Å². The van der Waals surface area contributed by atoms with Crippen LogP contribution in [0.4, 0.5) is 0 Å². The number of rotatable bonds is 10. The van der Waals surface area contributed by atoms with Crippen LogP contribution in [0.2, 0.25) is 0 Å². The highest BCUT2D eigenvalue weighted by Crippen LogP contribution is 2.21. The lowest BCUT2D eigenvalue weighted by atomic mass is 9.91. The van der Waals surface area contributed by atoms with Crippen molar-refractivity contribution in [3.8, 4) is 5.75 Å². The van der Waals surface area contributed by atoms with Crippen LogP contribution >= 0.6 is 0 Å². The highest BCUT2D eigenvalue weighted by molar-refractivity contribution is 5.79. The third-order valence-electron chi connectivity index (χ3n) is 4.46. The molecular weight excluding hydrogens is 332 g/mol. The molecule has 1 heterocycles. The molecule has 0 radical (unpaired) electrons. The summed E-state index contributed by atoms with van der Waals surface area (Å²) in [6.45, 7) is 7.33. The van der Waals surface area contributed by atoms with Crippen molar-refractivity contribution in [3.05, 3.63) is 40.7 Å². The van der Waals surface area contributed by atoms with Gasteiger partial charge in [-0.1, -0.05) is 6.92 Å². The van der Waals surface area contributed by atoms with E-state index in [4.69, 9.17) is 9.47 Å². The fraction of sp³-hybridized carbons (Fsp3) is 0.500. The molecule has 0 aliphatic carbocycles. The Morgan fingerprint density at radius 1 is 1.19 bits per heavy atom. The first-order chi connectivity index (χ1) is 12.4. The Labute approximate surface area is 153 Å². The molecule has 142 valence electrons. The number of carbonyl (C=O) groups excluding carboxylic acids is 1. The Balaban J connectivity index is 1.61. The molecule has 2 aromatic rings. The minimum atomic E-state index is -0.431. The molecule has 0 bridgehead atoms. The summed E-state index contributed by atoms with van der Waals surface area (Å²) in [6.07, 6.45) is 2.55. The summed E-state index contributed by atoms with van der Waals surface area (Å²) in [4.78, 5) is 25.9. The van der Waals surface area contributed by atoms with Gasteiger partial charge in [-0.2, -0.15) is 0 Å². The number of ether oxygens (including phenoxy) is 2. The fourth-order valence-corrected chi connectivity index (χ4v) is 2.29. The second kappa shape index (κ2) is 9.38. The summed E-state index contributed by atoms with van der Waals surface area (Å²) in [5.74, 6) is 0.563. The van der Waals surface area contributed by atoms with Gasteiger partial charge in [-0.15, -0.1) is 0 Å². The fourth-order valence-electron chi connectivity index (χ4n) is 2.29. The zero-order valence-electron chi connectivity index (χ0n) is 15.8. The Morgan fingerprint density at radius 2 is 1.96 bits per heavy atom. The van der Waals surface area contributed by atoms with Gasteiger partial charge in [0.05, 0.1) is 17.5 Å². The molecule has 0 unspecified atom stereocenters. The van der Waals surface area contributed by atoms with E-state index in [1.807, 2.05) is 39.0 Å². The van der Waals surface area contributed by atoms with Gasteiger partial charge < -0.3 is 14.5 Å². The Bertz CT molecular complexity index is 783. The van der Waals surface area contributed by atoms with Gasteiger partial charge in [0, 0.05) is 12.1 Å². The van der Waals surface area contributed by atoms with Crippen LogP contribution in [0.5, 0.6) is 5.75 Å². The van der Waals surface area contributed by atoms with Crippen molar-refractivity contribution < 1.29 is 14.3 Å². The molecule has 6 heteroatoms. The van der Waals surface area contributed by atoms with Crippen molar-refractivity contribution in [2.45, 2.75) is 40.0 Å². The molecule has 2 N–H and O–H groups in total. The number of nitrogens with one attached hydrogen (secondary N) is 2. The van der Waals surface area contributed by atoms with Crippen molar-refractivity contribution in [3.63, 3.8) is 0 Å². The lowest BCUT2D eigenvalue weighted by molar-refractivity contribution is -0.154. The first-order valence-corrected chi connectivity index (χ1v) is 9.06. The van der Waals surface area contributed by atoms with Crippen LogP contribution in [-0.4, -0.2) is 30.8 Å². The molecule has 6 nitrogen and oxygen atoms in total. The number of benzene rings is 1. The number of fused-ring (bicyclic) bond motifs is 1. The molecule has 1 aromatic heterocycles. The minimum Gasteiger partial charge on any atom is -0.494 e. The van der Waals surface area contributed by atoms with Gasteiger partial charge in [0.1, 0.15) is 12.5 Å². The van der Waals surface area contributed by atoms with Crippen LogP contribution in [0.15, 0.2) is 35.1 Å². The van der Waals surface area contributed by atoms with Gasteiger partial charge in [0.2, 0.25) is 5.56 Å². The normalized spacial score (nSPS) is 11.5. The van der Waals surface area contributed by atoms with E-state index in [1.165, 1.54) is 6.07 Å². The van der Waals surface area contributed by atoms with Crippen LogP contribution < -0.4 is 15.6 Å². The van der Waals surface area contributed by atoms with Crippen LogP contribution in [-0.2, 0) is 9.53 Å². The highest BCUT2D eigenvalue weighted by Gasteiger charge is 2.26. The Hall–Kier alpha value is -2.34. The third kappa shape index (κ3) is 5.88. The monoisotopic (exact) mass is 360 g/mol.